The van der Waals surface area contributed by atoms with Gasteiger partial charge in [-0.2, -0.15) is 0 Å². The molecule has 0 aromatic heterocycles. The summed E-state index contributed by atoms with van der Waals surface area (Å²) in [6, 6.07) is 5.46. The summed E-state index contributed by atoms with van der Waals surface area (Å²) in [6.07, 6.45) is 1.57. The monoisotopic (exact) mass is 304 g/mol. The molecule has 1 aliphatic rings. The molecule has 2 amide bonds. The lowest BCUT2D eigenvalue weighted by Crippen LogP contribution is -2.47. The Balaban J connectivity index is 1.94. The third-order valence-electron chi connectivity index (χ3n) is 3.43. The van der Waals surface area contributed by atoms with Crippen LogP contribution in [0.2, 0.25) is 0 Å². The lowest BCUT2D eigenvalue weighted by atomic mass is 9.91. The molecule has 0 atom stereocenters. The Kier molecular flexibility index (Phi) is 4.70. The number of ether oxygens (including phenoxy) is 2. The minimum Gasteiger partial charge on any atom is -0.454 e. The van der Waals surface area contributed by atoms with E-state index in [-0.39, 0.29) is 18.6 Å². The summed E-state index contributed by atoms with van der Waals surface area (Å²) in [6.45, 7) is 7.55. The molecule has 0 bridgehead atoms. The second kappa shape index (κ2) is 6.51. The van der Waals surface area contributed by atoms with E-state index in [2.05, 4.69) is 17.2 Å². The van der Waals surface area contributed by atoms with E-state index in [0.717, 1.165) is 5.56 Å². The summed E-state index contributed by atoms with van der Waals surface area (Å²) in [5, 5.41) is 5.40. The molecule has 1 aliphatic heterocycles. The molecule has 0 radical (unpaired) electrons. The van der Waals surface area contributed by atoms with Crippen LogP contribution in [-0.4, -0.2) is 25.2 Å². The summed E-state index contributed by atoms with van der Waals surface area (Å²) in [5.41, 5.74) is -0.279. The van der Waals surface area contributed by atoms with Crippen molar-refractivity contribution in [2.45, 2.75) is 20.4 Å². The van der Waals surface area contributed by atoms with Gasteiger partial charge in [-0.05, 0) is 31.5 Å². The Hall–Kier alpha value is -2.50. The molecule has 0 unspecified atom stereocenters. The van der Waals surface area contributed by atoms with Gasteiger partial charge in [0.1, 0.15) is 5.41 Å². The molecule has 6 nitrogen and oxygen atoms in total. The van der Waals surface area contributed by atoms with Crippen molar-refractivity contribution in [3.8, 4) is 11.5 Å². The first-order valence-electron chi connectivity index (χ1n) is 7.01. The maximum absolute atomic E-state index is 12.2. The minimum atomic E-state index is -1.15. The Morgan fingerprint density at radius 1 is 1.23 bits per heavy atom. The van der Waals surface area contributed by atoms with Crippen molar-refractivity contribution in [3.05, 3.63) is 36.4 Å². The molecule has 1 aromatic carbocycles. The molecule has 1 aromatic rings. The van der Waals surface area contributed by atoms with Crippen molar-refractivity contribution in [1.82, 2.24) is 10.6 Å². The summed E-state index contributed by atoms with van der Waals surface area (Å²) < 4.78 is 10.5. The van der Waals surface area contributed by atoms with Crippen molar-refractivity contribution in [3.63, 3.8) is 0 Å². The van der Waals surface area contributed by atoms with E-state index in [1.54, 1.807) is 26.0 Å². The number of hydrogen-bond donors (Lipinski definition) is 2. The van der Waals surface area contributed by atoms with Gasteiger partial charge in [-0.25, -0.2) is 0 Å². The number of nitrogens with one attached hydrogen (secondary N) is 2. The van der Waals surface area contributed by atoms with E-state index in [0.29, 0.717) is 24.6 Å². The molecule has 0 fully saturated rings. The fourth-order valence-electron chi connectivity index (χ4n) is 1.94. The molecule has 6 heteroatoms. The number of hydrogen-bond acceptors (Lipinski definition) is 4. The third kappa shape index (κ3) is 3.39. The molecule has 0 aliphatic carbocycles. The smallest absolute Gasteiger partial charge is 0.235 e. The Bertz CT molecular complexity index is 596. The van der Waals surface area contributed by atoms with Crippen LogP contribution in [0, 0.1) is 5.41 Å². The van der Waals surface area contributed by atoms with Gasteiger partial charge in [-0.1, -0.05) is 12.1 Å². The summed E-state index contributed by atoms with van der Waals surface area (Å²) in [5.74, 6) is 0.677. The summed E-state index contributed by atoms with van der Waals surface area (Å²) in [4.78, 5) is 24.2. The van der Waals surface area contributed by atoms with Gasteiger partial charge in [0, 0.05) is 13.1 Å². The number of carbonyl (C=O) groups is 2. The highest BCUT2D eigenvalue weighted by atomic mass is 16.7. The highest BCUT2D eigenvalue weighted by Crippen LogP contribution is 2.32. The fraction of sp³-hybridized carbons (Fsp3) is 0.375. The van der Waals surface area contributed by atoms with Gasteiger partial charge in [0.2, 0.25) is 18.6 Å². The van der Waals surface area contributed by atoms with E-state index in [1.165, 1.54) is 0 Å². The van der Waals surface area contributed by atoms with Gasteiger partial charge in [0.25, 0.3) is 0 Å². The Labute approximate surface area is 129 Å². The average molecular weight is 304 g/mol. The number of fused-ring (bicyclic) bond motifs is 1. The van der Waals surface area contributed by atoms with E-state index in [4.69, 9.17) is 9.47 Å². The predicted octanol–water partition coefficient (Wildman–Crippen LogP) is 1.36. The standard InChI is InChI=1S/C16H20N2O4/c1-4-7-17-14(19)16(2,3)15(20)18-9-11-5-6-12-13(8-11)22-10-21-12/h4-6,8H,1,7,9-10H2,2-3H3,(H,17,19)(H,18,20). The predicted molar refractivity (Wildman–Crippen MR) is 81.4 cm³/mol. The summed E-state index contributed by atoms with van der Waals surface area (Å²) in [7, 11) is 0. The third-order valence-corrected chi connectivity index (χ3v) is 3.43. The maximum Gasteiger partial charge on any atom is 0.235 e. The first-order chi connectivity index (χ1) is 10.4. The highest BCUT2D eigenvalue weighted by molar-refractivity contribution is 6.04. The van der Waals surface area contributed by atoms with Gasteiger partial charge in [-0.3, -0.25) is 9.59 Å². The molecule has 0 spiro atoms. The largest absolute Gasteiger partial charge is 0.454 e. The van der Waals surface area contributed by atoms with Crippen LogP contribution in [0.25, 0.3) is 0 Å². The lowest BCUT2D eigenvalue weighted by molar-refractivity contribution is -0.141. The van der Waals surface area contributed by atoms with Gasteiger partial charge in [0.15, 0.2) is 11.5 Å². The van der Waals surface area contributed by atoms with Crippen molar-refractivity contribution < 1.29 is 19.1 Å². The zero-order chi connectivity index (χ0) is 16.2. The highest BCUT2D eigenvalue weighted by Gasteiger charge is 2.35. The normalized spacial score (nSPS) is 12.6. The van der Waals surface area contributed by atoms with Gasteiger partial charge in [0.05, 0.1) is 0 Å². The van der Waals surface area contributed by atoms with Crippen LogP contribution in [0.4, 0.5) is 0 Å². The first-order valence-corrected chi connectivity index (χ1v) is 7.01. The molecule has 1 heterocycles. The van der Waals surface area contributed by atoms with Gasteiger partial charge >= 0.3 is 0 Å². The maximum atomic E-state index is 12.2. The molecule has 0 saturated heterocycles. The number of amides is 2. The van der Waals surface area contributed by atoms with E-state index in [1.807, 2.05) is 12.1 Å². The lowest BCUT2D eigenvalue weighted by Gasteiger charge is -2.22. The van der Waals surface area contributed by atoms with Crippen molar-refractivity contribution in [2.75, 3.05) is 13.3 Å². The number of benzene rings is 1. The molecule has 0 saturated carbocycles. The molecular weight excluding hydrogens is 284 g/mol. The van der Waals surface area contributed by atoms with Crippen LogP contribution < -0.4 is 20.1 Å². The Morgan fingerprint density at radius 2 is 1.91 bits per heavy atom. The SMILES string of the molecule is C=CCNC(=O)C(C)(C)C(=O)NCc1ccc2c(c1)OCO2. The van der Waals surface area contributed by atoms with Crippen LogP contribution in [0.5, 0.6) is 11.5 Å². The van der Waals surface area contributed by atoms with Crippen LogP contribution in [0.1, 0.15) is 19.4 Å². The van der Waals surface area contributed by atoms with Crippen molar-refractivity contribution in [2.24, 2.45) is 5.41 Å². The topological polar surface area (TPSA) is 76.7 Å². The molecular formula is C16H20N2O4. The van der Waals surface area contributed by atoms with Crippen molar-refractivity contribution >= 4 is 11.8 Å². The van der Waals surface area contributed by atoms with Crippen molar-refractivity contribution in [1.29, 1.82) is 0 Å². The van der Waals surface area contributed by atoms with Gasteiger partial charge < -0.3 is 20.1 Å². The second-order valence-corrected chi connectivity index (χ2v) is 5.49. The number of carbonyl (C=O) groups excluding carboxylic acids is 2. The number of rotatable bonds is 6. The van der Waals surface area contributed by atoms with E-state index >= 15 is 0 Å². The summed E-state index contributed by atoms with van der Waals surface area (Å²) >= 11 is 0. The molecule has 118 valence electrons. The fourth-order valence-corrected chi connectivity index (χ4v) is 1.94. The van der Waals surface area contributed by atoms with Gasteiger partial charge in [-0.15, -0.1) is 6.58 Å². The van der Waals surface area contributed by atoms with Crippen LogP contribution in [-0.2, 0) is 16.1 Å². The second-order valence-electron chi connectivity index (χ2n) is 5.49. The first kappa shape index (κ1) is 15.9. The zero-order valence-corrected chi connectivity index (χ0v) is 12.8. The minimum absolute atomic E-state index is 0.210. The average Bonchev–Trinajstić information content (AvgIpc) is 2.97. The quantitative estimate of drug-likeness (QED) is 0.614. The van der Waals surface area contributed by atoms with E-state index in [9.17, 15) is 9.59 Å². The zero-order valence-electron chi connectivity index (χ0n) is 12.8. The van der Waals surface area contributed by atoms with E-state index < -0.39 is 5.41 Å². The van der Waals surface area contributed by atoms with Crippen LogP contribution in [0.15, 0.2) is 30.9 Å². The van der Waals surface area contributed by atoms with Crippen LogP contribution >= 0.6 is 0 Å². The Morgan fingerprint density at radius 3 is 2.64 bits per heavy atom. The molecule has 22 heavy (non-hydrogen) atoms. The molecule has 2 N–H and O–H groups in total. The molecule has 2 rings (SSSR count). The van der Waals surface area contributed by atoms with Crippen LogP contribution in [0.3, 0.4) is 0 Å².